The smallest absolute Gasteiger partial charge is 0.255 e. The van der Waals surface area contributed by atoms with Crippen LogP contribution in [0.3, 0.4) is 0 Å². The van der Waals surface area contributed by atoms with Gasteiger partial charge >= 0.3 is 0 Å². The summed E-state index contributed by atoms with van der Waals surface area (Å²) in [5.74, 6) is 0.677. The molecule has 0 radical (unpaired) electrons. The minimum absolute atomic E-state index is 0.134. The van der Waals surface area contributed by atoms with Gasteiger partial charge in [-0.2, -0.15) is 0 Å². The van der Waals surface area contributed by atoms with Crippen LogP contribution in [0.1, 0.15) is 21.5 Å². The van der Waals surface area contributed by atoms with Crippen molar-refractivity contribution >= 4 is 23.5 Å². The van der Waals surface area contributed by atoms with E-state index in [4.69, 9.17) is 4.74 Å². The summed E-state index contributed by atoms with van der Waals surface area (Å²) in [6, 6.07) is 22.6. The Bertz CT molecular complexity index is 914. The van der Waals surface area contributed by atoms with E-state index >= 15 is 0 Å². The summed E-state index contributed by atoms with van der Waals surface area (Å²) < 4.78 is 5.14. The summed E-state index contributed by atoms with van der Waals surface area (Å²) in [7, 11) is 1.64. The molecular weight excluding hydrogens is 324 g/mol. The monoisotopic (exact) mass is 344 g/mol. The number of aryl methyl sites for hydroxylation is 1. The van der Waals surface area contributed by atoms with Gasteiger partial charge in [0.25, 0.3) is 5.91 Å². The maximum Gasteiger partial charge on any atom is 0.255 e. The molecule has 0 heterocycles. The lowest BCUT2D eigenvalue weighted by atomic mass is 10.1. The van der Waals surface area contributed by atoms with E-state index in [1.165, 1.54) is 0 Å². The lowest BCUT2D eigenvalue weighted by Crippen LogP contribution is -2.12. The molecule has 0 aliphatic carbocycles. The van der Waals surface area contributed by atoms with Crippen LogP contribution < -0.4 is 10.1 Å². The van der Waals surface area contributed by atoms with Crippen molar-refractivity contribution in [3.05, 3.63) is 89.5 Å². The highest BCUT2D eigenvalue weighted by molar-refractivity contribution is 6.04. The Hall–Kier alpha value is -3.40. The van der Waals surface area contributed by atoms with Gasteiger partial charge in [-0.1, -0.05) is 18.2 Å². The van der Waals surface area contributed by atoms with E-state index in [9.17, 15) is 4.79 Å². The Labute approximate surface area is 153 Å². The number of nitrogens with zero attached hydrogens (tertiary/aromatic N) is 1. The fraction of sp³-hybridized carbons (Fsp3) is 0.0909. The van der Waals surface area contributed by atoms with Crippen LogP contribution in [0.15, 0.2) is 77.8 Å². The van der Waals surface area contributed by atoms with Crippen LogP contribution in [0.4, 0.5) is 11.4 Å². The van der Waals surface area contributed by atoms with Crippen molar-refractivity contribution < 1.29 is 9.53 Å². The number of anilines is 1. The fourth-order valence-corrected chi connectivity index (χ4v) is 2.45. The standard InChI is InChI=1S/C22H20N2O2/c1-16-5-3-4-6-21(16)24-22(25)18-9-11-19(12-10-18)23-15-17-7-13-20(26-2)14-8-17/h3-15H,1-2H3,(H,24,25). The zero-order chi connectivity index (χ0) is 18.4. The maximum absolute atomic E-state index is 12.4. The van der Waals surface area contributed by atoms with Gasteiger partial charge in [0.15, 0.2) is 0 Å². The highest BCUT2D eigenvalue weighted by Crippen LogP contribution is 2.17. The van der Waals surface area contributed by atoms with E-state index in [1.54, 1.807) is 25.5 Å². The van der Waals surface area contributed by atoms with E-state index in [-0.39, 0.29) is 5.91 Å². The van der Waals surface area contributed by atoms with Crippen LogP contribution in [0, 0.1) is 6.92 Å². The number of ether oxygens (including phenoxy) is 1. The van der Waals surface area contributed by atoms with E-state index < -0.39 is 0 Å². The second kappa shape index (κ2) is 8.12. The quantitative estimate of drug-likeness (QED) is 0.662. The molecule has 0 atom stereocenters. The van der Waals surface area contributed by atoms with Crippen molar-refractivity contribution in [2.45, 2.75) is 6.92 Å². The third-order valence-corrected chi connectivity index (χ3v) is 4.00. The number of para-hydroxylation sites is 1. The summed E-state index contributed by atoms with van der Waals surface area (Å²) in [4.78, 5) is 16.8. The Morgan fingerprint density at radius 2 is 1.65 bits per heavy atom. The van der Waals surface area contributed by atoms with Gasteiger partial charge in [-0.05, 0) is 72.6 Å². The Balaban J connectivity index is 1.66. The third-order valence-electron chi connectivity index (χ3n) is 4.00. The van der Waals surface area contributed by atoms with Gasteiger partial charge in [-0.25, -0.2) is 0 Å². The Morgan fingerprint density at radius 3 is 2.31 bits per heavy atom. The van der Waals surface area contributed by atoms with Crippen LogP contribution in [0.25, 0.3) is 0 Å². The minimum Gasteiger partial charge on any atom is -0.497 e. The fourth-order valence-electron chi connectivity index (χ4n) is 2.45. The molecule has 0 aliphatic rings. The molecule has 0 unspecified atom stereocenters. The first kappa shape index (κ1) is 17.4. The number of rotatable bonds is 5. The Kier molecular flexibility index (Phi) is 5.44. The summed E-state index contributed by atoms with van der Waals surface area (Å²) in [6.45, 7) is 1.96. The summed E-state index contributed by atoms with van der Waals surface area (Å²) in [5, 5.41) is 2.93. The minimum atomic E-state index is -0.134. The van der Waals surface area contributed by atoms with Gasteiger partial charge in [-0.15, -0.1) is 0 Å². The molecule has 130 valence electrons. The number of amides is 1. The van der Waals surface area contributed by atoms with Crippen molar-refractivity contribution in [2.24, 2.45) is 4.99 Å². The molecule has 0 fully saturated rings. The van der Waals surface area contributed by atoms with Crippen molar-refractivity contribution in [3.63, 3.8) is 0 Å². The lowest BCUT2D eigenvalue weighted by Gasteiger charge is -2.08. The number of carbonyl (C=O) groups excluding carboxylic acids is 1. The molecule has 0 aliphatic heterocycles. The molecule has 4 heteroatoms. The summed E-state index contributed by atoms with van der Waals surface area (Å²) in [5.41, 5.74) is 4.21. The number of nitrogens with one attached hydrogen (secondary N) is 1. The van der Waals surface area contributed by atoms with Crippen LogP contribution in [0.2, 0.25) is 0 Å². The molecular formula is C22H20N2O2. The normalized spacial score (nSPS) is 10.7. The number of hydrogen-bond donors (Lipinski definition) is 1. The van der Waals surface area contributed by atoms with Gasteiger partial charge < -0.3 is 10.1 Å². The number of methoxy groups -OCH3 is 1. The van der Waals surface area contributed by atoms with Gasteiger partial charge in [0.05, 0.1) is 12.8 Å². The van der Waals surface area contributed by atoms with Crippen LogP contribution in [-0.2, 0) is 0 Å². The molecule has 0 bridgehead atoms. The van der Waals surface area contributed by atoms with Gasteiger partial charge in [0.1, 0.15) is 5.75 Å². The molecule has 0 aromatic heterocycles. The van der Waals surface area contributed by atoms with Gasteiger partial charge in [0, 0.05) is 17.5 Å². The SMILES string of the molecule is COc1ccc(C=Nc2ccc(C(=O)Nc3ccccc3C)cc2)cc1. The molecule has 26 heavy (non-hydrogen) atoms. The molecule has 0 saturated carbocycles. The highest BCUT2D eigenvalue weighted by Gasteiger charge is 2.07. The molecule has 0 spiro atoms. The van der Waals surface area contributed by atoms with Crippen LogP contribution in [0.5, 0.6) is 5.75 Å². The predicted octanol–water partition coefficient (Wildman–Crippen LogP) is 5.01. The second-order valence-electron chi connectivity index (χ2n) is 5.85. The zero-order valence-corrected chi connectivity index (χ0v) is 14.8. The van der Waals surface area contributed by atoms with Gasteiger partial charge in [0.2, 0.25) is 0 Å². The van der Waals surface area contributed by atoms with Gasteiger partial charge in [-0.3, -0.25) is 9.79 Å². The maximum atomic E-state index is 12.4. The molecule has 0 saturated heterocycles. The molecule has 3 rings (SSSR count). The second-order valence-corrected chi connectivity index (χ2v) is 5.85. The number of aliphatic imine (C=N–C) groups is 1. The first-order chi connectivity index (χ1) is 12.7. The van der Waals surface area contributed by atoms with Crippen LogP contribution in [-0.4, -0.2) is 19.2 Å². The topological polar surface area (TPSA) is 50.7 Å². The number of carbonyl (C=O) groups is 1. The number of hydrogen-bond acceptors (Lipinski definition) is 3. The first-order valence-electron chi connectivity index (χ1n) is 8.31. The Morgan fingerprint density at radius 1 is 0.962 bits per heavy atom. The van der Waals surface area contributed by atoms with Crippen molar-refractivity contribution in [1.29, 1.82) is 0 Å². The van der Waals surface area contributed by atoms with E-state index in [0.717, 1.165) is 28.3 Å². The molecule has 1 amide bonds. The first-order valence-corrected chi connectivity index (χ1v) is 8.31. The predicted molar refractivity (Wildman–Crippen MR) is 106 cm³/mol. The van der Waals surface area contributed by atoms with E-state index in [2.05, 4.69) is 10.3 Å². The summed E-state index contributed by atoms with van der Waals surface area (Å²) in [6.07, 6.45) is 1.78. The van der Waals surface area contributed by atoms with Crippen molar-refractivity contribution in [1.82, 2.24) is 0 Å². The van der Waals surface area contributed by atoms with E-state index in [0.29, 0.717) is 5.56 Å². The zero-order valence-electron chi connectivity index (χ0n) is 14.8. The largest absolute Gasteiger partial charge is 0.497 e. The van der Waals surface area contributed by atoms with Crippen molar-refractivity contribution in [2.75, 3.05) is 12.4 Å². The highest BCUT2D eigenvalue weighted by atomic mass is 16.5. The molecule has 4 nitrogen and oxygen atoms in total. The number of benzene rings is 3. The molecule has 3 aromatic carbocycles. The van der Waals surface area contributed by atoms with Crippen molar-refractivity contribution in [3.8, 4) is 5.75 Å². The third kappa shape index (κ3) is 4.36. The lowest BCUT2D eigenvalue weighted by molar-refractivity contribution is 0.102. The molecule has 1 N–H and O–H groups in total. The molecule has 3 aromatic rings. The van der Waals surface area contributed by atoms with Crippen LogP contribution >= 0.6 is 0 Å². The average molecular weight is 344 g/mol. The summed E-state index contributed by atoms with van der Waals surface area (Å²) >= 11 is 0. The van der Waals surface area contributed by atoms with E-state index in [1.807, 2.05) is 67.6 Å². The average Bonchev–Trinajstić information content (AvgIpc) is 2.69.